The highest BCUT2D eigenvalue weighted by Crippen LogP contribution is 2.11. The Morgan fingerprint density at radius 2 is 1.91 bits per heavy atom. The molecule has 0 fully saturated rings. The van der Waals surface area contributed by atoms with Gasteiger partial charge in [-0.25, -0.2) is 0 Å². The third kappa shape index (κ3) is 4.17. The molecule has 2 aromatic rings. The normalized spacial score (nSPS) is 9.18. The van der Waals surface area contributed by atoms with Crippen LogP contribution in [0, 0.1) is 22.7 Å². The van der Waals surface area contributed by atoms with Gasteiger partial charge in [0.1, 0.15) is 12.1 Å². The third-order valence-electron chi connectivity index (χ3n) is 2.66. The topological polar surface area (TPSA) is 101 Å². The van der Waals surface area contributed by atoms with Gasteiger partial charge in [0.25, 0.3) is 5.91 Å². The summed E-state index contributed by atoms with van der Waals surface area (Å²) in [6.07, 6.45) is 0. The van der Waals surface area contributed by atoms with E-state index in [9.17, 15) is 4.79 Å². The van der Waals surface area contributed by atoms with E-state index in [4.69, 9.17) is 10.5 Å². The van der Waals surface area contributed by atoms with Crippen LogP contribution in [0.25, 0.3) is 0 Å². The van der Waals surface area contributed by atoms with E-state index in [1.54, 1.807) is 47.7 Å². The molecule has 1 heterocycles. The fourth-order valence-electron chi connectivity index (χ4n) is 1.57. The van der Waals surface area contributed by atoms with E-state index in [1.807, 2.05) is 17.5 Å². The van der Waals surface area contributed by atoms with E-state index in [2.05, 4.69) is 15.8 Å². The van der Waals surface area contributed by atoms with Crippen LogP contribution in [0.1, 0.15) is 15.2 Å². The van der Waals surface area contributed by atoms with E-state index >= 15 is 0 Å². The van der Waals surface area contributed by atoms with Crippen molar-refractivity contribution >= 4 is 28.6 Å². The number of carbonyl (C=O) groups excluding carboxylic acids is 1. The van der Waals surface area contributed by atoms with Crippen molar-refractivity contribution in [2.45, 2.75) is 6.54 Å². The quantitative estimate of drug-likeness (QED) is 0.654. The predicted molar refractivity (Wildman–Crippen MR) is 84.2 cm³/mol. The van der Waals surface area contributed by atoms with E-state index in [0.29, 0.717) is 17.8 Å². The standard InChI is InChI=1S/C15H11N5OS/c16-8-13(9-17)20-19-12-5-3-11(4-6-12)15(21)18-10-14-2-1-7-22-14/h1-7,19H,10H2,(H,18,21). The Hall–Kier alpha value is -3.16. The molecule has 2 rings (SSSR count). The van der Waals surface area contributed by atoms with E-state index in [1.165, 1.54) is 0 Å². The molecule has 0 aliphatic heterocycles. The molecule has 1 aromatic heterocycles. The SMILES string of the molecule is N#CC(C#N)=NNc1ccc(C(=O)NCc2cccs2)cc1. The lowest BCUT2D eigenvalue weighted by Crippen LogP contribution is -2.22. The summed E-state index contributed by atoms with van der Waals surface area (Å²) in [7, 11) is 0. The second-order valence-corrected chi connectivity index (χ2v) is 5.17. The summed E-state index contributed by atoms with van der Waals surface area (Å²) in [5.74, 6) is -0.168. The minimum absolute atomic E-state index is 0.168. The van der Waals surface area contributed by atoms with Crippen LogP contribution in [0.15, 0.2) is 46.9 Å². The average molecular weight is 309 g/mol. The first-order chi connectivity index (χ1) is 10.7. The van der Waals surface area contributed by atoms with Crippen LogP contribution in [0.2, 0.25) is 0 Å². The zero-order valence-electron chi connectivity index (χ0n) is 11.4. The Bertz CT molecular complexity index is 735. The molecule has 0 radical (unpaired) electrons. The minimum atomic E-state index is -0.266. The van der Waals surface area contributed by atoms with Gasteiger partial charge in [0.05, 0.1) is 12.2 Å². The number of nitrogens with zero attached hydrogens (tertiary/aromatic N) is 3. The first kappa shape index (κ1) is 15.2. The molecule has 0 bridgehead atoms. The molecule has 0 aliphatic rings. The molecule has 0 unspecified atom stereocenters. The summed E-state index contributed by atoms with van der Waals surface area (Å²) in [6, 6.07) is 13.8. The Morgan fingerprint density at radius 1 is 1.18 bits per heavy atom. The molecule has 0 spiro atoms. The molecule has 22 heavy (non-hydrogen) atoms. The molecule has 0 saturated carbocycles. The van der Waals surface area contributed by atoms with Gasteiger partial charge >= 0.3 is 0 Å². The zero-order chi connectivity index (χ0) is 15.8. The fourth-order valence-corrected chi connectivity index (χ4v) is 2.22. The van der Waals surface area contributed by atoms with Gasteiger partial charge in [-0.1, -0.05) is 6.07 Å². The van der Waals surface area contributed by atoms with Gasteiger partial charge < -0.3 is 5.32 Å². The summed E-state index contributed by atoms with van der Waals surface area (Å²) >= 11 is 1.58. The first-order valence-electron chi connectivity index (χ1n) is 6.27. The van der Waals surface area contributed by atoms with Gasteiger partial charge in [-0.2, -0.15) is 15.6 Å². The van der Waals surface area contributed by atoms with Gasteiger partial charge in [0, 0.05) is 10.4 Å². The van der Waals surface area contributed by atoms with Gasteiger partial charge in [0.15, 0.2) is 0 Å². The number of thiophene rings is 1. The van der Waals surface area contributed by atoms with Gasteiger partial charge in [-0.05, 0) is 35.7 Å². The summed E-state index contributed by atoms with van der Waals surface area (Å²) in [4.78, 5) is 13.1. The number of hydrogen-bond acceptors (Lipinski definition) is 6. The molecule has 2 N–H and O–H groups in total. The van der Waals surface area contributed by atoms with Gasteiger partial charge in [-0.3, -0.25) is 10.2 Å². The van der Waals surface area contributed by atoms with Crippen molar-refractivity contribution in [2.24, 2.45) is 5.10 Å². The average Bonchev–Trinajstić information content (AvgIpc) is 3.07. The molecule has 0 aliphatic carbocycles. The molecular formula is C15H11N5OS. The minimum Gasteiger partial charge on any atom is -0.347 e. The zero-order valence-corrected chi connectivity index (χ0v) is 12.2. The predicted octanol–water partition coefficient (Wildman–Crippen LogP) is 2.49. The highest BCUT2D eigenvalue weighted by atomic mass is 32.1. The smallest absolute Gasteiger partial charge is 0.251 e. The van der Waals surface area contributed by atoms with Crippen molar-refractivity contribution in [3.63, 3.8) is 0 Å². The van der Waals surface area contributed by atoms with E-state index in [0.717, 1.165) is 4.88 Å². The van der Waals surface area contributed by atoms with Crippen LogP contribution < -0.4 is 10.7 Å². The molecule has 1 amide bonds. The summed E-state index contributed by atoms with van der Waals surface area (Å²) < 4.78 is 0. The third-order valence-corrected chi connectivity index (χ3v) is 3.54. The van der Waals surface area contributed by atoms with Crippen molar-refractivity contribution in [3.8, 4) is 12.1 Å². The lowest BCUT2D eigenvalue weighted by molar-refractivity contribution is 0.0951. The Morgan fingerprint density at radius 3 is 2.50 bits per heavy atom. The number of nitrogens with one attached hydrogen (secondary N) is 2. The van der Waals surface area contributed by atoms with Crippen molar-refractivity contribution in [1.82, 2.24) is 5.32 Å². The number of hydrazone groups is 1. The van der Waals surface area contributed by atoms with Crippen LogP contribution in [-0.4, -0.2) is 11.6 Å². The van der Waals surface area contributed by atoms with Crippen molar-refractivity contribution < 1.29 is 4.79 Å². The fraction of sp³-hybridized carbons (Fsp3) is 0.0667. The van der Waals surface area contributed by atoms with Crippen molar-refractivity contribution in [2.75, 3.05) is 5.43 Å². The van der Waals surface area contributed by atoms with Crippen molar-refractivity contribution in [1.29, 1.82) is 10.5 Å². The molecule has 0 saturated heterocycles. The number of benzene rings is 1. The number of hydrogen-bond donors (Lipinski definition) is 2. The highest BCUT2D eigenvalue weighted by molar-refractivity contribution is 7.09. The number of amides is 1. The Kier molecular flexibility index (Phi) is 5.25. The maximum Gasteiger partial charge on any atom is 0.251 e. The molecule has 108 valence electrons. The van der Waals surface area contributed by atoms with Crippen LogP contribution in [0.5, 0.6) is 0 Å². The van der Waals surface area contributed by atoms with Crippen LogP contribution >= 0.6 is 11.3 Å². The monoisotopic (exact) mass is 309 g/mol. The second-order valence-electron chi connectivity index (χ2n) is 4.14. The largest absolute Gasteiger partial charge is 0.347 e. The Labute approximate surface area is 131 Å². The lowest BCUT2D eigenvalue weighted by atomic mass is 10.2. The highest BCUT2D eigenvalue weighted by Gasteiger charge is 2.05. The van der Waals surface area contributed by atoms with Crippen LogP contribution in [0.4, 0.5) is 5.69 Å². The van der Waals surface area contributed by atoms with E-state index in [-0.39, 0.29) is 11.6 Å². The number of carbonyl (C=O) groups is 1. The number of rotatable bonds is 5. The van der Waals surface area contributed by atoms with Gasteiger partial charge in [-0.15, -0.1) is 11.3 Å². The van der Waals surface area contributed by atoms with Crippen molar-refractivity contribution in [3.05, 3.63) is 52.2 Å². The summed E-state index contributed by atoms with van der Waals surface area (Å²) in [6.45, 7) is 0.495. The molecule has 0 atom stereocenters. The maximum atomic E-state index is 12.0. The first-order valence-corrected chi connectivity index (χ1v) is 7.15. The molecule has 7 heteroatoms. The van der Waals surface area contributed by atoms with Gasteiger partial charge in [0.2, 0.25) is 5.71 Å². The Balaban J connectivity index is 1.94. The number of anilines is 1. The summed E-state index contributed by atoms with van der Waals surface area (Å²) in [5.41, 5.74) is 3.42. The maximum absolute atomic E-state index is 12.0. The second kappa shape index (κ2) is 7.58. The molecule has 6 nitrogen and oxygen atoms in total. The van der Waals surface area contributed by atoms with Crippen LogP contribution in [-0.2, 0) is 6.54 Å². The van der Waals surface area contributed by atoms with Crippen LogP contribution in [0.3, 0.4) is 0 Å². The van der Waals surface area contributed by atoms with E-state index < -0.39 is 0 Å². The molecular weight excluding hydrogens is 298 g/mol. The number of nitriles is 2. The lowest BCUT2D eigenvalue weighted by Gasteiger charge is -2.05. The summed E-state index contributed by atoms with van der Waals surface area (Å²) in [5, 5.41) is 25.5. The molecule has 1 aromatic carbocycles.